The van der Waals surface area contributed by atoms with Crippen LogP contribution in [0, 0.1) is 12.7 Å². The molecule has 1 aromatic heterocycles. The number of nitrogens with two attached hydrogens (primary N) is 1. The molecule has 1 aliphatic rings. The maximum absolute atomic E-state index is 13.3. The SMILES string of the molecule is Cc1cc(NC(=O)c2cccc(F)c2)sc1C(=O)NC1(CN)CCCC1. The second-order valence-corrected chi connectivity index (χ2v) is 7.79. The first-order chi connectivity index (χ1) is 12.4. The normalized spacial score (nSPS) is 15.7. The minimum atomic E-state index is -0.469. The highest BCUT2D eigenvalue weighted by molar-refractivity contribution is 7.18. The van der Waals surface area contributed by atoms with E-state index in [0.29, 0.717) is 16.4 Å². The number of carbonyl (C=O) groups excluding carboxylic acids is 2. The highest BCUT2D eigenvalue weighted by atomic mass is 32.1. The van der Waals surface area contributed by atoms with Crippen LogP contribution < -0.4 is 16.4 Å². The third-order valence-corrected chi connectivity index (χ3v) is 5.93. The number of carbonyl (C=O) groups is 2. The monoisotopic (exact) mass is 375 g/mol. The van der Waals surface area contributed by atoms with Crippen LogP contribution in [-0.2, 0) is 0 Å². The topological polar surface area (TPSA) is 84.2 Å². The van der Waals surface area contributed by atoms with Crippen LogP contribution in [0.2, 0.25) is 0 Å². The summed E-state index contributed by atoms with van der Waals surface area (Å²) >= 11 is 1.21. The fraction of sp³-hybridized carbons (Fsp3) is 0.368. The number of hydrogen-bond acceptors (Lipinski definition) is 4. The first-order valence-electron chi connectivity index (χ1n) is 8.62. The van der Waals surface area contributed by atoms with Crippen molar-refractivity contribution in [3.05, 3.63) is 52.2 Å². The summed E-state index contributed by atoms with van der Waals surface area (Å²) in [6, 6.07) is 7.23. The van der Waals surface area contributed by atoms with E-state index in [-0.39, 0.29) is 17.0 Å². The van der Waals surface area contributed by atoms with Crippen LogP contribution >= 0.6 is 11.3 Å². The Hall–Kier alpha value is -2.25. The van der Waals surface area contributed by atoms with E-state index in [1.54, 1.807) is 6.07 Å². The molecule has 5 nitrogen and oxygen atoms in total. The Morgan fingerprint density at radius 2 is 1.96 bits per heavy atom. The number of hydrogen-bond donors (Lipinski definition) is 3. The number of nitrogens with one attached hydrogen (secondary N) is 2. The van der Waals surface area contributed by atoms with Crippen molar-refractivity contribution in [2.24, 2.45) is 5.73 Å². The minimum absolute atomic E-state index is 0.161. The molecule has 4 N–H and O–H groups in total. The molecule has 0 atom stereocenters. The fourth-order valence-corrected chi connectivity index (χ4v) is 4.28. The number of aryl methyl sites for hydroxylation is 1. The van der Waals surface area contributed by atoms with Gasteiger partial charge >= 0.3 is 0 Å². The molecule has 1 aliphatic carbocycles. The van der Waals surface area contributed by atoms with E-state index in [0.717, 1.165) is 31.2 Å². The van der Waals surface area contributed by atoms with Gasteiger partial charge in [-0.2, -0.15) is 0 Å². The second-order valence-electron chi connectivity index (χ2n) is 6.73. The van der Waals surface area contributed by atoms with Crippen molar-refractivity contribution < 1.29 is 14.0 Å². The molecule has 1 saturated carbocycles. The van der Waals surface area contributed by atoms with Crippen LogP contribution in [0.25, 0.3) is 0 Å². The van der Waals surface area contributed by atoms with Gasteiger partial charge in [0.1, 0.15) is 5.82 Å². The summed E-state index contributed by atoms with van der Waals surface area (Å²) in [5, 5.41) is 6.37. The highest BCUT2D eigenvalue weighted by Gasteiger charge is 2.34. The Morgan fingerprint density at radius 1 is 1.23 bits per heavy atom. The Balaban J connectivity index is 1.72. The van der Waals surface area contributed by atoms with Crippen LogP contribution in [0.15, 0.2) is 30.3 Å². The fourth-order valence-electron chi connectivity index (χ4n) is 3.31. The molecule has 0 spiro atoms. The highest BCUT2D eigenvalue weighted by Crippen LogP contribution is 2.31. The van der Waals surface area contributed by atoms with E-state index in [9.17, 15) is 14.0 Å². The van der Waals surface area contributed by atoms with Gasteiger partial charge in [0.15, 0.2) is 0 Å². The number of halogens is 1. The van der Waals surface area contributed by atoms with Gasteiger partial charge in [0.2, 0.25) is 0 Å². The molecule has 7 heteroatoms. The number of amides is 2. The van der Waals surface area contributed by atoms with Crippen molar-refractivity contribution in [2.75, 3.05) is 11.9 Å². The summed E-state index contributed by atoms with van der Waals surface area (Å²) in [6.07, 6.45) is 3.91. The van der Waals surface area contributed by atoms with Crippen molar-refractivity contribution in [2.45, 2.75) is 38.1 Å². The third kappa shape index (κ3) is 3.94. The Labute approximate surface area is 155 Å². The zero-order chi connectivity index (χ0) is 18.7. The van der Waals surface area contributed by atoms with E-state index in [1.807, 2.05) is 6.92 Å². The van der Waals surface area contributed by atoms with E-state index < -0.39 is 11.7 Å². The van der Waals surface area contributed by atoms with Crippen LogP contribution in [0.5, 0.6) is 0 Å². The molecule has 0 unspecified atom stereocenters. The maximum Gasteiger partial charge on any atom is 0.262 e. The van der Waals surface area contributed by atoms with Gasteiger partial charge in [-0.3, -0.25) is 9.59 Å². The molecule has 1 aromatic carbocycles. The molecule has 1 heterocycles. The average Bonchev–Trinajstić information content (AvgIpc) is 3.22. The standard InChI is InChI=1S/C19H22FN3O2S/c1-12-9-15(22-17(24)13-5-4-6-14(20)10-13)26-16(12)18(25)23-19(11-21)7-2-3-8-19/h4-6,9-10H,2-3,7-8,11,21H2,1H3,(H,22,24)(H,23,25). The second kappa shape index (κ2) is 7.55. The first kappa shape index (κ1) is 18.5. The molecule has 3 rings (SSSR count). The quantitative estimate of drug-likeness (QED) is 0.748. The molecule has 0 radical (unpaired) electrons. The Bertz CT molecular complexity index is 828. The van der Waals surface area contributed by atoms with Gasteiger partial charge in [-0.25, -0.2) is 4.39 Å². The molecule has 0 saturated heterocycles. The molecule has 26 heavy (non-hydrogen) atoms. The first-order valence-corrected chi connectivity index (χ1v) is 9.44. The lowest BCUT2D eigenvalue weighted by atomic mass is 9.97. The summed E-state index contributed by atoms with van der Waals surface area (Å²) < 4.78 is 13.3. The molecule has 1 fully saturated rings. The van der Waals surface area contributed by atoms with Gasteiger partial charge in [0.05, 0.1) is 15.4 Å². The average molecular weight is 375 g/mol. The molecular formula is C19H22FN3O2S. The van der Waals surface area contributed by atoms with Crippen LogP contribution in [0.3, 0.4) is 0 Å². The Kier molecular flexibility index (Phi) is 5.38. The van der Waals surface area contributed by atoms with Crippen LogP contribution in [-0.4, -0.2) is 23.9 Å². The van der Waals surface area contributed by atoms with Crippen LogP contribution in [0.4, 0.5) is 9.39 Å². The molecule has 138 valence electrons. The van der Waals surface area contributed by atoms with Gasteiger partial charge in [-0.15, -0.1) is 11.3 Å². The van der Waals surface area contributed by atoms with E-state index >= 15 is 0 Å². The number of thiophene rings is 1. The van der Waals surface area contributed by atoms with Crippen molar-refractivity contribution in [3.63, 3.8) is 0 Å². The minimum Gasteiger partial charge on any atom is -0.345 e. The lowest BCUT2D eigenvalue weighted by molar-refractivity contribution is 0.0906. The lowest BCUT2D eigenvalue weighted by Gasteiger charge is -2.28. The number of anilines is 1. The molecule has 2 amide bonds. The van der Waals surface area contributed by atoms with Crippen molar-refractivity contribution in [1.82, 2.24) is 5.32 Å². The van der Waals surface area contributed by atoms with Gasteiger partial charge < -0.3 is 16.4 Å². The molecule has 0 bridgehead atoms. The van der Waals surface area contributed by atoms with Crippen LogP contribution in [0.1, 0.15) is 51.3 Å². The van der Waals surface area contributed by atoms with Gasteiger partial charge in [-0.1, -0.05) is 18.9 Å². The summed E-state index contributed by atoms with van der Waals surface area (Å²) in [4.78, 5) is 25.5. The lowest BCUT2D eigenvalue weighted by Crippen LogP contribution is -2.51. The Morgan fingerprint density at radius 3 is 2.62 bits per heavy atom. The van der Waals surface area contributed by atoms with Gasteiger partial charge in [0, 0.05) is 12.1 Å². The number of rotatable bonds is 5. The van der Waals surface area contributed by atoms with Crippen molar-refractivity contribution in [1.29, 1.82) is 0 Å². The molecule has 0 aliphatic heterocycles. The van der Waals surface area contributed by atoms with E-state index in [1.165, 1.54) is 35.6 Å². The zero-order valence-electron chi connectivity index (χ0n) is 14.6. The molecule has 2 aromatic rings. The van der Waals surface area contributed by atoms with Crippen molar-refractivity contribution in [3.8, 4) is 0 Å². The largest absolute Gasteiger partial charge is 0.345 e. The predicted molar refractivity (Wildman–Crippen MR) is 101 cm³/mol. The zero-order valence-corrected chi connectivity index (χ0v) is 15.4. The predicted octanol–water partition coefficient (Wildman–Crippen LogP) is 3.45. The summed E-state index contributed by atoms with van der Waals surface area (Å²) in [7, 11) is 0. The summed E-state index contributed by atoms with van der Waals surface area (Å²) in [5.41, 5.74) is 6.58. The maximum atomic E-state index is 13.3. The van der Waals surface area contributed by atoms with Gasteiger partial charge in [-0.05, 0) is 49.6 Å². The number of benzene rings is 1. The third-order valence-electron chi connectivity index (χ3n) is 4.78. The summed E-state index contributed by atoms with van der Waals surface area (Å²) in [6.45, 7) is 2.25. The van der Waals surface area contributed by atoms with Crippen molar-refractivity contribution >= 4 is 28.2 Å². The summed E-state index contributed by atoms with van der Waals surface area (Å²) in [5.74, 6) is -1.04. The smallest absolute Gasteiger partial charge is 0.262 e. The van der Waals surface area contributed by atoms with E-state index in [4.69, 9.17) is 5.73 Å². The van der Waals surface area contributed by atoms with E-state index in [2.05, 4.69) is 10.6 Å². The van der Waals surface area contributed by atoms with Gasteiger partial charge in [0.25, 0.3) is 11.8 Å². The molecular weight excluding hydrogens is 353 g/mol.